The van der Waals surface area contributed by atoms with Crippen molar-refractivity contribution in [2.75, 3.05) is 6.61 Å². The third-order valence-corrected chi connectivity index (χ3v) is 3.59. The monoisotopic (exact) mass is 336 g/mol. The second kappa shape index (κ2) is 8.42. The first kappa shape index (κ1) is 17.9. The Morgan fingerprint density at radius 2 is 2.12 bits per heavy atom. The molecular formula is C17H21FN2O4. The van der Waals surface area contributed by atoms with Crippen LogP contribution < -0.4 is 10.3 Å². The largest absolute Gasteiger partial charge is 0.481 e. The highest BCUT2D eigenvalue weighted by Crippen LogP contribution is 2.15. The molecule has 24 heavy (non-hydrogen) atoms. The number of carboxylic acids is 1. The predicted octanol–water partition coefficient (Wildman–Crippen LogP) is 2.97. The Balaban J connectivity index is 2.13. The number of halogens is 1. The standard InChI is InChI=1S/C17H21FN2O4/c1-2-9-20-16(23)13-11-12(18)7-8-14(13)19-17(20)24-10-5-3-4-6-15(21)22/h7-8,11H,2-6,9-10H2,1H3,(H,21,22). The van der Waals surface area contributed by atoms with Gasteiger partial charge in [-0.3, -0.25) is 14.2 Å². The highest BCUT2D eigenvalue weighted by atomic mass is 19.1. The number of benzene rings is 1. The molecule has 0 radical (unpaired) electrons. The molecule has 130 valence electrons. The third-order valence-electron chi connectivity index (χ3n) is 3.59. The summed E-state index contributed by atoms with van der Waals surface area (Å²) in [6, 6.07) is 4.13. The lowest BCUT2D eigenvalue weighted by Crippen LogP contribution is -2.24. The molecule has 1 aromatic carbocycles. The molecule has 0 aliphatic carbocycles. The quantitative estimate of drug-likeness (QED) is 0.712. The molecule has 2 rings (SSSR count). The molecule has 1 aromatic heterocycles. The smallest absolute Gasteiger partial charge is 0.303 e. The van der Waals surface area contributed by atoms with Crippen molar-refractivity contribution >= 4 is 16.9 Å². The Morgan fingerprint density at radius 3 is 2.83 bits per heavy atom. The van der Waals surface area contributed by atoms with Crippen LogP contribution in [0.25, 0.3) is 10.9 Å². The number of nitrogens with zero attached hydrogens (tertiary/aromatic N) is 2. The summed E-state index contributed by atoms with van der Waals surface area (Å²) in [5.74, 6) is -1.28. The van der Waals surface area contributed by atoms with Crippen LogP contribution in [0.3, 0.4) is 0 Å². The molecule has 0 unspecified atom stereocenters. The Bertz CT molecular complexity index is 773. The second-order valence-corrected chi connectivity index (χ2v) is 5.57. The zero-order valence-corrected chi connectivity index (χ0v) is 13.6. The SMILES string of the molecule is CCCn1c(OCCCCCC(=O)O)nc2ccc(F)cc2c1=O. The first-order valence-corrected chi connectivity index (χ1v) is 8.07. The van der Waals surface area contributed by atoms with Crippen LogP contribution in [0.1, 0.15) is 39.0 Å². The van der Waals surface area contributed by atoms with Crippen molar-refractivity contribution in [3.05, 3.63) is 34.4 Å². The number of hydrogen-bond donors (Lipinski definition) is 1. The Morgan fingerprint density at radius 1 is 1.33 bits per heavy atom. The maximum absolute atomic E-state index is 13.4. The van der Waals surface area contributed by atoms with Crippen LogP contribution >= 0.6 is 0 Å². The number of carboxylic acid groups (broad SMARTS) is 1. The Kier molecular flexibility index (Phi) is 6.28. The summed E-state index contributed by atoms with van der Waals surface area (Å²) >= 11 is 0. The van der Waals surface area contributed by atoms with Gasteiger partial charge in [-0.15, -0.1) is 0 Å². The molecule has 2 aromatic rings. The van der Waals surface area contributed by atoms with Crippen LogP contribution in [-0.2, 0) is 11.3 Å². The van der Waals surface area contributed by atoms with Crippen LogP contribution in [-0.4, -0.2) is 27.2 Å². The maximum Gasteiger partial charge on any atom is 0.303 e. The van der Waals surface area contributed by atoms with E-state index in [1.54, 1.807) is 0 Å². The minimum Gasteiger partial charge on any atom is -0.481 e. The molecule has 0 aliphatic rings. The average Bonchev–Trinajstić information content (AvgIpc) is 2.54. The number of ether oxygens (including phenoxy) is 1. The number of hydrogen-bond acceptors (Lipinski definition) is 4. The van der Waals surface area contributed by atoms with Gasteiger partial charge in [-0.05, 0) is 43.9 Å². The topological polar surface area (TPSA) is 81.4 Å². The molecule has 1 heterocycles. The van der Waals surface area contributed by atoms with E-state index in [-0.39, 0.29) is 23.4 Å². The van der Waals surface area contributed by atoms with Gasteiger partial charge in [0.1, 0.15) is 5.82 Å². The molecule has 0 atom stereocenters. The summed E-state index contributed by atoms with van der Waals surface area (Å²) in [5.41, 5.74) is 0.0804. The van der Waals surface area contributed by atoms with Crippen LogP contribution in [0.15, 0.2) is 23.0 Å². The summed E-state index contributed by atoms with van der Waals surface area (Å²) in [6.45, 7) is 2.72. The number of aromatic nitrogens is 2. The van der Waals surface area contributed by atoms with Crippen molar-refractivity contribution < 1.29 is 19.0 Å². The van der Waals surface area contributed by atoms with Crippen molar-refractivity contribution in [2.24, 2.45) is 0 Å². The van der Waals surface area contributed by atoms with Crippen molar-refractivity contribution in [3.63, 3.8) is 0 Å². The van der Waals surface area contributed by atoms with E-state index in [0.717, 1.165) is 12.8 Å². The van der Waals surface area contributed by atoms with E-state index in [4.69, 9.17) is 9.84 Å². The van der Waals surface area contributed by atoms with Gasteiger partial charge in [-0.2, -0.15) is 4.98 Å². The number of carbonyl (C=O) groups is 1. The number of unbranched alkanes of at least 4 members (excludes halogenated alkanes) is 2. The van der Waals surface area contributed by atoms with Crippen molar-refractivity contribution in [1.82, 2.24) is 9.55 Å². The highest BCUT2D eigenvalue weighted by Gasteiger charge is 2.12. The summed E-state index contributed by atoms with van der Waals surface area (Å²) < 4.78 is 20.4. The van der Waals surface area contributed by atoms with E-state index < -0.39 is 11.8 Å². The molecule has 0 amide bonds. The molecule has 0 saturated heterocycles. The van der Waals surface area contributed by atoms with Gasteiger partial charge >= 0.3 is 5.97 Å². The lowest BCUT2D eigenvalue weighted by Gasteiger charge is -2.13. The Hall–Kier alpha value is -2.44. The molecule has 1 N–H and O–H groups in total. The molecule has 0 spiro atoms. The van der Waals surface area contributed by atoms with Gasteiger partial charge in [-0.25, -0.2) is 4.39 Å². The molecule has 0 fully saturated rings. The van der Waals surface area contributed by atoms with Crippen LogP contribution in [0, 0.1) is 5.82 Å². The van der Waals surface area contributed by atoms with E-state index >= 15 is 0 Å². The lowest BCUT2D eigenvalue weighted by atomic mass is 10.2. The van der Waals surface area contributed by atoms with Gasteiger partial charge in [0.15, 0.2) is 0 Å². The van der Waals surface area contributed by atoms with Crippen molar-refractivity contribution in [3.8, 4) is 6.01 Å². The van der Waals surface area contributed by atoms with E-state index in [0.29, 0.717) is 31.5 Å². The molecule has 0 aliphatic heterocycles. The number of aliphatic carboxylic acids is 1. The summed E-state index contributed by atoms with van der Waals surface area (Å²) in [5, 5.41) is 8.82. The lowest BCUT2D eigenvalue weighted by molar-refractivity contribution is -0.137. The van der Waals surface area contributed by atoms with Crippen LogP contribution in [0.5, 0.6) is 6.01 Å². The Labute approximate surface area is 138 Å². The molecule has 0 saturated carbocycles. The summed E-state index contributed by atoms with van der Waals surface area (Å²) in [6.07, 6.45) is 2.85. The van der Waals surface area contributed by atoms with E-state index in [1.807, 2.05) is 6.92 Å². The maximum atomic E-state index is 13.4. The highest BCUT2D eigenvalue weighted by molar-refractivity contribution is 5.77. The average molecular weight is 336 g/mol. The van der Waals surface area contributed by atoms with Crippen LogP contribution in [0.2, 0.25) is 0 Å². The summed E-state index contributed by atoms with van der Waals surface area (Å²) in [7, 11) is 0. The van der Waals surface area contributed by atoms with Crippen molar-refractivity contribution in [2.45, 2.75) is 45.6 Å². The molecule has 7 heteroatoms. The number of rotatable bonds is 9. The second-order valence-electron chi connectivity index (χ2n) is 5.57. The first-order chi connectivity index (χ1) is 11.5. The van der Waals surface area contributed by atoms with Gasteiger partial charge in [0, 0.05) is 13.0 Å². The van der Waals surface area contributed by atoms with Gasteiger partial charge in [0.05, 0.1) is 17.5 Å². The van der Waals surface area contributed by atoms with Crippen LogP contribution in [0.4, 0.5) is 4.39 Å². The fourth-order valence-electron chi connectivity index (χ4n) is 2.42. The number of fused-ring (bicyclic) bond motifs is 1. The van der Waals surface area contributed by atoms with E-state index in [2.05, 4.69) is 4.98 Å². The predicted molar refractivity (Wildman–Crippen MR) is 87.9 cm³/mol. The van der Waals surface area contributed by atoms with E-state index in [9.17, 15) is 14.0 Å². The van der Waals surface area contributed by atoms with Gasteiger partial charge in [0.25, 0.3) is 11.6 Å². The van der Waals surface area contributed by atoms with Gasteiger partial charge in [0.2, 0.25) is 0 Å². The fraction of sp³-hybridized carbons (Fsp3) is 0.471. The van der Waals surface area contributed by atoms with Crippen molar-refractivity contribution in [1.29, 1.82) is 0 Å². The van der Waals surface area contributed by atoms with Gasteiger partial charge < -0.3 is 9.84 Å². The van der Waals surface area contributed by atoms with Gasteiger partial charge in [-0.1, -0.05) is 6.92 Å². The summed E-state index contributed by atoms with van der Waals surface area (Å²) in [4.78, 5) is 27.3. The molecule has 6 nitrogen and oxygen atoms in total. The molecular weight excluding hydrogens is 315 g/mol. The normalized spacial score (nSPS) is 10.9. The minimum atomic E-state index is -0.809. The first-order valence-electron chi connectivity index (χ1n) is 8.07. The zero-order chi connectivity index (χ0) is 17.5. The minimum absolute atomic E-state index is 0.139. The zero-order valence-electron chi connectivity index (χ0n) is 13.6. The fourth-order valence-corrected chi connectivity index (χ4v) is 2.42. The molecule has 0 bridgehead atoms. The van der Waals surface area contributed by atoms with E-state index in [1.165, 1.54) is 22.8 Å². The third kappa shape index (κ3) is 4.53.